The van der Waals surface area contributed by atoms with E-state index < -0.39 is 40.0 Å². The first-order valence-corrected chi connectivity index (χ1v) is 15.4. The smallest absolute Gasteiger partial charge is 0.418 e. The summed E-state index contributed by atoms with van der Waals surface area (Å²) in [4.78, 5) is 40.3. The molecule has 0 radical (unpaired) electrons. The van der Waals surface area contributed by atoms with Crippen LogP contribution in [-0.2, 0) is 21.4 Å². The molecule has 1 atom stereocenters. The number of piperazine rings is 1. The minimum absolute atomic E-state index is 0.0178. The maximum Gasteiger partial charge on any atom is 0.418 e. The molecule has 2 amide bonds. The molecule has 2 aromatic carbocycles. The number of rotatable bonds is 6. The monoisotopic (exact) mass is 639 g/mol. The largest absolute Gasteiger partial charge is 0.768 e. The highest BCUT2D eigenvalue weighted by Crippen LogP contribution is 2.44. The number of nitrogens with zero attached hydrogens (tertiary/aromatic N) is 5. The number of halogens is 1. The maximum absolute atomic E-state index is 15.3. The van der Waals surface area contributed by atoms with Gasteiger partial charge in [-0.3, -0.25) is 9.00 Å². The molecular formula is C31H36FN6O6S-. The third kappa shape index (κ3) is 6.35. The maximum atomic E-state index is 15.3. The number of imide groups is 1. The summed E-state index contributed by atoms with van der Waals surface area (Å²) >= 11 is -2.85. The summed E-state index contributed by atoms with van der Waals surface area (Å²) in [5, 5.41) is 3.10. The van der Waals surface area contributed by atoms with E-state index in [1.54, 1.807) is 34.6 Å². The molecule has 0 aliphatic carbocycles. The van der Waals surface area contributed by atoms with Gasteiger partial charge in [-0.15, -0.1) is 0 Å². The summed E-state index contributed by atoms with van der Waals surface area (Å²) in [5.74, 6) is -1.07. The fourth-order valence-electron chi connectivity index (χ4n) is 5.59. The summed E-state index contributed by atoms with van der Waals surface area (Å²) < 4.78 is 51.2. The average Bonchev–Trinajstić information content (AvgIpc) is 3.17. The molecule has 14 heteroatoms. The highest BCUT2D eigenvalue weighted by molar-refractivity contribution is 7.79. The molecule has 3 heterocycles. The summed E-state index contributed by atoms with van der Waals surface area (Å²) in [6, 6.07) is 8.25. The van der Waals surface area contributed by atoms with Crippen LogP contribution in [-0.4, -0.2) is 86.5 Å². The normalized spacial score (nSPS) is 17.2. The Balaban J connectivity index is 1.53. The Labute approximate surface area is 263 Å². The predicted octanol–water partition coefficient (Wildman–Crippen LogP) is 4.65. The van der Waals surface area contributed by atoms with Crippen molar-refractivity contribution in [2.75, 3.05) is 50.6 Å². The lowest BCUT2D eigenvalue weighted by Gasteiger charge is -2.34. The van der Waals surface area contributed by atoms with E-state index in [0.29, 0.717) is 11.4 Å². The molecule has 1 aromatic heterocycles. The first-order chi connectivity index (χ1) is 21.1. The highest BCUT2D eigenvalue weighted by atomic mass is 32.2. The van der Waals surface area contributed by atoms with Gasteiger partial charge in [0.15, 0.2) is 5.82 Å². The van der Waals surface area contributed by atoms with Crippen LogP contribution in [0.4, 0.5) is 26.5 Å². The number of anilines is 3. The van der Waals surface area contributed by atoms with Crippen molar-refractivity contribution in [3.05, 3.63) is 53.5 Å². The first-order valence-electron chi connectivity index (χ1n) is 14.4. The van der Waals surface area contributed by atoms with Crippen LogP contribution < -0.4 is 15.0 Å². The number of nitrogens with one attached hydrogen (secondary N) is 1. The van der Waals surface area contributed by atoms with Crippen molar-refractivity contribution >= 4 is 40.4 Å². The minimum atomic E-state index is -2.85. The Morgan fingerprint density at radius 3 is 2.44 bits per heavy atom. The molecule has 45 heavy (non-hydrogen) atoms. The standard InChI is InChI=1S/C31H37FN6O6S/c1-30(2,3)44-29(40)38-27(39)20-14-18(15-24(45(41)42)25(20)31(38,4)5)26-21(32)17-33-28(35-26)34-22-16-19(8-9-23(22)43-7)37-12-10-36(6)11-13-37/h8-9,14-17H,10-13H2,1-7H3,(H,41,42)(H,33,34,35)/p-1. The average molecular weight is 640 g/mol. The quantitative estimate of drug-likeness (QED) is 0.377. The molecule has 2 aliphatic rings. The van der Waals surface area contributed by atoms with E-state index in [-0.39, 0.29) is 33.2 Å². The van der Waals surface area contributed by atoms with Crippen LogP contribution in [0.15, 0.2) is 41.4 Å². The second-order valence-corrected chi connectivity index (χ2v) is 13.4. The molecule has 1 unspecified atom stereocenters. The lowest BCUT2D eigenvalue weighted by Crippen LogP contribution is -2.46. The first kappa shape index (κ1) is 32.3. The Bertz CT molecular complexity index is 1690. The number of hydrogen-bond acceptors (Lipinski definition) is 11. The van der Waals surface area contributed by atoms with Gasteiger partial charge >= 0.3 is 6.09 Å². The van der Waals surface area contributed by atoms with E-state index in [0.717, 1.165) is 43.0 Å². The summed E-state index contributed by atoms with van der Waals surface area (Å²) in [6.45, 7) is 11.6. The number of methoxy groups -OCH3 is 1. The van der Waals surface area contributed by atoms with E-state index in [1.165, 1.54) is 19.2 Å². The van der Waals surface area contributed by atoms with Crippen LogP contribution in [0.5, 0.6) is 5.75 Å². The molecule has 2 aliphatic heterocycles. The fraction of sp³-hybridized carbons (Fsp3) is 0.419. The van der Waals surface area contributed by atoms with Gasteiger partial charge in [-0.2, -0.15) is 0 Å². The second-order valence-electron chi connectivity index (χ2n) is 12.5. The molecule has 240 valence electrons. The van der Waals surface area contributed by atoms with Crippen LogP contribution in [0.25, 0.3) is 11.3 Å². The number of benzene rings is 2. The van der Waals surface area contributed by atoms with E-state index in [2.05, 4.69) is 32.1 Å². The van der Waals surface area contributed by atoms with Crippen molar-refractivity contribution in [2.45, 2.75) is 50.7 Å². The highest BCUT2D eigenvalue weighted by Gasteiger charge is 2.50. The van der Waals surface area contributed by atoms with E-state index in [1.807, 2.05) is 18.2 Å². The van der Waals surface area contributed by atoms with Crippen molar-refractivity contribution in [3.8, 4) is 17.0 Å². The second kappa shape index (κ2) is 12.0. The van der Waals surface area contributed by atoms with Crippen molar-refractivity contribution < 1.29 is 32.2 Å². The van der Waals surface area contributed by atoms with Crippen molar-refractivity contribution in [2.24, 2.45) is 0 Å². The van der Waals surface area contributed by atoms with Gasteiger partial charge in [0.1, 0.15) is 17.0 Å². The van der Waals surface area contributed by atoms with Gasteiger partial charge in [0.25, 0.3) is 5.91 Å². The minimum Gasteiger partial charge on any atom is -0.768 e. The molecule has 0 bridgehead atoms. The van der Waals surface area contributed by atoms with Gasteiger partial charge < -0.3 is 29.1 Å². The Hall–Kier alpha value is -4.14. The molecular weight excluding hydrogens is 603 g/mol. The number of carbonyl (C=O) groups excluding carboxylic acids is 2. The lowest BCUT2D eigenvalue weighted by molar-refractivity contribution is 0.00909. The summed E-state index contributed by atoms with van der Waals surface area (Å²) in [5.41, 5.74) is -0.952. The molecule has 0 saturated carbocycles. The zero-order valence-corrected chi connectivity index (χ0v) is 27.1. The Kier molecular flexibility index (Phi) is 8.59. The molecule has 0 spiro atoms. The molecule has 5 rings (SSSR count). The van der Waals surface area contributed by atoms with E-state index in [9.17, 15) is 18.4 Å². The third-order valence-electron chi connectivity index (χ3n) is 7.78. The molecule has 3 aromatic rings. The van der Waals surface area contributed by atoms with Crippen LogP contribution >= 0.6 is 0 Å². The number of carbonyl (C=O) groups is 2. The van der Waals surface area contributed by atoms with E-state index in [4.69, 9.17) is 9.47 Å². The molecule has 12 nitrogen and oxygen atoms in total. The van der Waals surface area contributed by atoms with Crippen molar-refractivity contribution in [3.63, 3.8) is 0 Å². The zero-order valence-electron chi connectivity index (χ0n) is 26.3. The number of ether oxygens (including phenoxy) is 2. The number of aromatic nitrogens is 2. The van der Waals surface area contributed by atoms with Gasteiger partial charge in [0, 0.05) is 53.5 Å². The van der Waals surface area contributed by atoms with Crippen LogP contribution in [0.1, 0.15) is 50.5 Å². The Morgan fingerprint density at radius 2 is 1.82 bits per heavy atom. The Morgan fingerprint density at radius 1 is 1.13 bits per heavy atom. The topological polar surface area (TPSA) is 140 Å². The number of fused-ring (bicyclic) bond motifs is 1. The van der Waals surface area contributed by atoms with Gasteiger partial charge in [0.2, 0.25) is 5.95 Å². The summed E-state index contributed by atoms with van der Waals surface area (Å²) in [6.07, 6.45) is 0.0340. The molecule has 1 fully saturated rings. The van der Waals surface area contributed by atoms with Crippen molar-refractivity contribution in [1.82, 2.24) is 19.8 Å². The van der Waals surface area contributed by atoms with Crippen molar-refractivity contribution in [1.29, 1.82) is 0 Å². The number of likely N-dealkylation sites (N-methyl/N-ethyl adjacent to an activating group) is 1. The summed E-state index contributed by atoms with van der Waals surface area (Å²) in [7, 11) is 3.61. The molecule has 1 N–H and O–H groups in total. The van der Waals surface area contributed by atoms with Gasteiger partial charge in [-0.25, -0.2) is 24.1 Å². The number of hydrogen-bond donors (Lipinski definition) is 1. The number of amides is 2. The SMILES string of the molecule is COc1ccc(N2CCN(C)CC2)cc1Nc1ncc(F)c(-c2cc3c(c(S(=O)[O-])c2)C(C)(C)N(C(=O)OC(C)(C)C)C3=O)n1. The fourth-order valence-corrected chi connectivity index (χ4v) is 6.34. The predicted molar refractivity (Wildman–Crippen MR) is 166 cm³/mol. The van der Waals surface area contributed by atoms with Gasteiger partial charge in [-0.1, -0.05) is 0 Å². The van der Waals surface area contributed by atoms with E-state index >= 15 is 4.39 Å². The van der Waals surface area contributed by atoms with Crippen LogP contribution in [0, 0.1) is 5.82 Å². The third-order valence-corrected chi connectivity index (χ3v) is 8.46. The molecule has 1 saturated heterocycles. The van der Waals surface area contributed by atoms with Gasteiger partial charge in [-0.05, 0) is 83.1 Å². The van der Waals surface area contributed by atoms with Gasteiger partial charge in [0.05, 0.1) is 24.5 Å². The van der Waals surface area contributed by atoms with Crippen LogP contribution in [0.3, 0.4) is 0 Å². The van der Waals surface area contributed by atoms with Crippen LogP contribution in [0.2, 0.25) is 0 Å². The lowest BCUT2D eigenvalue weighted by atomic mass is 9.92. The zero-order chi connectivity index (χ0) is 32.8.